The lowest BCUT2D eigenvalue weighted by molar-refractivity contribution is -0.398. The Morgan fingerprint density at radius 3 is 2.36 bits per heavy atom. The average Bonchev–Trinajstić information content (AvgIpc) is 2.99. The largest absolute Gasteiger partial charge is 0.868 e. The minimum absolute atomic E-state index is 0.110. The molecule has 0 aliphatic carbocycles. The number of rotatable bonds is 3. The van der Waals surface area contributed by atoms with E-state index >= 15 is 0 Å². The smallest absolute Gasteiger partial charge is 0.328 e. The number of nitrogens with one attached hydrogen (secondary N) is 2. The molecule has 2 heterocycles. The van der Waals surface area contributed by atoms with Crippen molar-refractivity contribution in [2.75, 3.05) is 0 Å². The van der Waals surface area contributed by atoms with Gasteiger partial charge < -0.3 is 9.52 Å². The lowest BCUT2D eigenvalue weighted by Crippen LogP contribution is -2.51. The molecule has 1 fully saturated rings. The zero-order chi connectivity index (χ0) is 18.1. The Morgan fingerprint density at radius 1 is 1.04 bits per heavy atom. The first-order valence-electron chi connectivity index (χ1n) is 6.79. The second-order valence-corrected chi connectivity index (χ2v) is 4.94. The molecule has 2 aromatic rings. The van der Waals surface area contributed by atoms with E-state index in [1.54, 1.807) is 0 Å². The van der Waals surface area contributed by atoms with E-state index in [9.17, 15) is 29.6 Å². The van der Waals surface area contributed by atoms with Gasteiger partial charge >= 0.3 is 6.03 Å². The Hall–Kier alpha value is -3.95. The van der Waals surface area contributed by atoms with E-state index in [2.05, 4.69) is 0 Å². The Balaban J connectivity index is 1.93. The SMILES string of the molecule is O=C1NC(=O)C(=Cc2ccc(-c3ccc([O-])c([N+](=O)[O-])c3)o2)C(=O)N1. The number of nitro benzene ring substituents is 1. The molecule has 0 saturated carbocycles. The van der Waals surface area contributed by atoms with Crippen LogP contribution in [0.3, 0.4) is 0 Å². The predicted octanol–water partition coefficient (Wildman–Crippen LogP) is 0.678. The maximum atomic E-state index is 11.6. The molecule has 2 N–H and O–H groups in total. The Kier molecular flexibility index (Phi) is 3.77. The monoisotopic (exact) mass is 342 g/mol. The minimum atomic E-state index is -0.919. The number of imide groups is 2. The van der Waals surface area contributed by atoms with Crippen molar-refractivity contribution in [3.8, 4) is 17.1 Å². The molecule has 3 rings (SSSR count). The summed E-state index contributed by atoms with van der Waals surface area (Å²) in [6.07, 6.45) is 1.12. The van der Waals surface area contributed by atoms with Crippen LogP contribution in [-0.2, 0) is 9.59 Å². The highest BCUT2D eigenvalue weighted by Gasteiger charge is 2.28. The fourth-order valence-electron chi connectivity index (χ4n) is 2.15. The van der Waals surface area contributed by atoms with Crippen LogP contribution in [0.5, 0.6) is 5.75 Å². The lowest BCUT2D eigenvalue weighted by Gasteiger charge is -2.13. The summed E-state index contributed by atoms with van der Waals surface area (Å²) in [6, 6.07) is 5.43. The van der Waals surface area contributed by atoms with Gasteiger partial charge in [-0.2, -0.15) is 0 Å². The van der Waals surface area contributed by atoms with Gasteiger partial charge in [0.25, 0.3) is 17.5 Å². The molecule has 25 heavy (non-hydrogen) atoms. The van der Waals surface area contributed by atoms with Crippen LogP contribution in [0.2, 0.25) is 0 Å². The molecule has 0 bridgehead atoms. The zero-order valence-corrected chi connectivity index (χ0v) is 12.3. The van der Waals surface area contributed by atoms with E-state index in [4.69, 9.17) is 4.42 Å². The topological polar surface area (TPSA) is 155 Å². The van der Waals surface area contributed by atoms with Gasteiger partial charge in [-0.3, -0.25) is 30.3 Å². The van der Waals surface area contributed by atoms with Crippen LogP contribution in [0.15, 0.2) is 40.3 Å². The van der Waals surface area contributed by atoms with Crippen LogP contribution in [0, 0.1) is 10.1 Å². The molecule has 0 spiro atoms. The van der Waals surface area contributed by atoms with Crippen LogP contribution >= 0.6 is 0 Å². The van der Waals surface area contributed by atoms with Crippen LogP contribution in [-0.4, -0.2) is 22.8 Å². The molecular formula is C15H8N3O7-. The summed E-state index contributed by atoms with van der Waals surface area (Å²) in [5.41, 5.74) is -0.650. The van der Waals surface area contributed by atoms with E-state index in [1.165, 1.54) is 18.2 Å². The highest BCUT2D eigenvalue weighted by molar-refractivity contribution is 6.31. The first-order valence-corrected chi connectivity index (χ1v) is 6.79. The highest BCUT2D eigenvalue weighted by atomic mass is 16.6. The second kappa shape index (κ2) is 5.92. The number of benzene rings is 1. The Morgan fingerprint density at radius 2 is 1.72 bits per heavy atom. The van der Waals surface area contributed by atoms with Crippen molar-refractivity contribution in [3.63, 3.8) is 0 Å². The van der Waals surface area contributed by atoms with Crippen molar-refractivity contribution in [3.05, 3.63) is 51.8 Å². The van der Waals surface area contributed by atoms with Gasteiger partial charge in [0.2, 0.25) is 0 Å². The van der Waals surface area contributed by atoms with E-state index in [-0.39, 0.29) is 22.7 Å². The summed E-state index contributed by atoms with van der Waals surface area (Å²) in [6.45, 7) is 0. The van der Waals surface area contributed by atoms with Gasteiger partial charge in [0.1, 0.15) is 17.1 Å². The van der Waals surface area contributed by atoms with E-state index in [0.717, 1.165) is 18.2 Å². The third kappa shape index (κ3) is 3.08. The van der Waals surface area contributed by atoms with Crippen molar-refractivity contribution >= 4 is 29.6 Å². The molecule has 10 heteroatoms. The number of carbonyl (C=O) groups is 3. The van der Waals surface area contributed by atoms with Gasteiger partial charge in [0.15, 0.2) is 0 Å². The van der Waals surface area contributed by atoms with Crippen molar-refractivity contribution in [1.82, 2.24) is 10.6 Å². The van der Waals surface area contributed by atoms with Gasteiger partial charge in [-0.1, -0.05) is 12.1 Å². The number of amides is 4. The molecule has 126 valence electrons. The van der Waals surface area contributed by atoms with Crippen molar-refractivity contribution < 1.29 is 28.8 Å². The standard InChI is InChI=1S/C15H9N3O7/c19-11-3-1-7(5-10(11)18(23)24)12-4-2-8(25-12)6-9-13(20)16-15(22)17-14(9)21/h1-6,19H,(H2,16,17,20,21,22)/p-1. The number of nitrogens with zero attached hydrogens (tertiary/aromatic N) is 1. The Labute approximate surface area is 138 Å². The molecule has 4 amide bonds. The van der Waals surface area contributed by atoms with Crippen LogP contribution in [0.25, 0.3) is 17.4 Å². The van der Waals surface area contributed by atoms with Gasteiger partial charge in [0.05, 0.1) is 4.92 Å². The van der Waals surface area contributed by atoms with Crippen LogP contribution < -0.4 is 15.7 Å². The van der Waals surface area contributed by atoms with Crippen LogP contribution in [0.1, 0.15) is 5.76 Å². The summed E-state index contributed by atoms with van der Waals surface area (Å²) >= 11 is 0. The fraction of sp³-hybridized carbons (Fsp3) is 0. The quantitative estimate of drug-likeness (QED) is 0.359. The zero-order valence-electron chi connectivity index (χ0n) is 12.3. The van der Waals surface area contributed by atoms with E-state index in [1.807, 2.05) is 10.6 Å². The first-order chi connectivity index (χ1) is 11.8. The molecule has 0 radical (unpaired) electrons. The van der Waals surface area contributed by atoms with Crippen molar-refractivity contribution in [2.24, 2.45) is 0 Å². The molecule has 1 saturated heterocycles. The van der Waals surface area contributed by atoms with Gasteiger partial charge in [0, 0.05) is 11.6 Å². The van der Waals surface area contributed by atoms with E-state index in [0.29, 0.717) is 0 Å². The second-order valence-electron chi connectivity index (χ2n) is 4.94. The van der Waals surface area contributed by atoms with Gasteiger partial charge in [-0.15, -0.1) is 0 Å². The maximum absolute atomic E-state index is 11.6. The molecule has 1 aromatic heterocycles. The summed E-state index contributed by atoms with van der Waals surface area (Å²) < 4.78 is 5.42. The summed E-state index contributed by atoms with van der Waals surface area (Å²) in [4.78, 5) is 44.3. The molecule has 0 atom stereocenters. The van der Waals surface area contributed by atoms with Crippen molar-refractivity contribution in [1.29, 1.82) is 0 Å². The molecular weight excluding hydrogens is 334 g/mol. The Bertz CT molecular complexity index is 936. The lowest BCUT2D eigenvalue weighted by atomic mass is 10.1. The number of furan rings is 1. The van der Waals surface area contributed by atoms with Gasteiger partial charge in [-0.25, -0.2) is 4.79 Å². The number of hydrogen-bond donors (Lipinski definition) is 2. The van der Waals surface area contributed by atoms with Crippen molar-refractivity contribution in [2.45, 2.75) is 0 Å². The summed E-state index contributed by atoms with van der Waals surface area (Å²) in [5, 5.41) is 26.1. The third-order valence-electron chi connectivity index (χ3n) is 3.30. The van der Waals surface area contributed by atoms with Gasteiger partial charge in [-0.05, 0) is 24.0 Å². The minimum Gasteiger partial charge on any atom is -0.868 e. The molecule has 1 aliphatic heterocycles. The number of nitro groups is 1. The first kappa shape index (κ1) is 15.9. The molecule has 1 aromatic carbocycles. The third-order valence-corrected chi connectivity index (χ3v) is 3.30. The highest BCUT2D eigenvalue weighted by Crippen LogP contribution is 2.31. The number of carbonyl (C=O) groups excluding carboxylic acids is 3. The summed E-state index contributed by atoms with van der Waals surface area (Å²) in [7, 11) is 0. The molecule has 1 aliphatic rings. The average molecular weight is 342 g/mol. The fourth-order valence-corrected chi connectivity index (χ4v) is 2.15. The normalized spacial score (nSPS) is 14.1. The van der Waals surface area contributed by atoms with Crippen LogP contribution in [0.4, 0.5) is 10.5 Å². The molecule has 10 nitrogen and oxygen atoms in total. The summed E-state index contributed by atoms with van der Waals surface area (Å²) in [5.74, 6) is -2.18. The maximum Gasteiger partial charge on any atom is 0.328 e. The molecule has 0 unspecified atom stereocenters. The number of hydrogen-bond acceptors (Lipinski definition) is 7. The predicted molar refractivity (Wildman–Crippen MR) is 79.9 cm³/mol. The number of urea groups is 1. The number of barbiturate groups is 1. The van der Waals surface area contributed by atoms with E-state index < -0.39 is 34.2 Å².